The third kappa shape index (κ3) is 6.12. The summed E-state index contributed by atoms with van der Waals surface area (Å²) in [6.45, 7) is 4.33. The van der Waals surface area contributed by atoms with Gasteiger partial charge in [-0.3, -0.25) is 14.3 Å². The van der Waals surface area contributed by atoms with Crippen LogP contribution in [0.15, 0.2) is 30.5 Å². The van der Waals surface area contributed by atoms with Crippen molar-refractivity contribution in [3.05, 3.63) is 41.7 Å². The minimum Gasteiger partial charge on any atom is -0.362 e. The summed E-state index contributed by atoms with van der Waals surface area (Å²) in [4.78, 5) is 24.0. The molecule has 8 nitrogen and oxygen atoms in total. The molecule has 1 aliphatic heterocycles. The minimum atomic E-state index is -4.35. The van der Waals surface area contributed by atoms with Crippen molar-refractivity contribution in [1.29, 1.82) is 0 Å². The Balaban J connectivity index is 1.48. The van der Waals surface area contributed by atoms with Crippen LogP contribution in [0.2, 0.25) is 0 Å². The highest BCUT2D eigenvalue weighted by molar-refractivity contribution is 5.92. The highest BCUT2D eigenvalue weighted by atomic mass is 19.4. The molecule has 2 heterocycles. The second-order valence-electron chi connectivity index (χ2n) is 7.58. The second-order valence-corrected chi connectivity index (χ2v) is 7.58. The summed E-state index contributed by atoms with van der Waals surface area (Å²) in [7, 11) is 0. The Labute approximate surface area is 177 Å². The molecule has 11 heteroatoms. The van der Waals surface area contributed by atoms with Crippen LogP contribution in [0.1, 0.15) is 48.8 Å². The molecule has 1 aromatic carbocycles. The number of nitrogens with one attached hydrogen (secondary N) is 4. The third-order valence-corrected chi connectivity index (χ3v) is 4.73. The summed E-state index contributed by atoms with van der Waals surface area (Å²) in [6.07, 6.45) is -4.73. The Morgan fingerprint density at radius 3 is 2.61 bits per heavy atom. The molecule has 0 spiro atoms. The lowest BCUT2D eigenvalue weighted by molar-refractivity contribution is -0.144. The van der Waals surface area contributed by atoms with E-state index in [-0.39, 0.29) is 24.7 Å². The van der Waals surface area contributed by atoms with Crippen molar-refractivity contribution in [1.82, 2.24) is 20.4 Å². The molecule has 1 atom stereocenters. The van der Waals surface area contributed by atoms with Crippen molar-refractivity contribution < 1.29 is 22.8 Å². The number of carbonyl (C=O) groups excluding carboxylic acids is 2. The van der Waals surface area contributed by atoms with E-state index < -0.39 is 24.9 Å². The number of amides is 2. The molecule has 1 aliphatic rings. The van der Waals surface area contributed by atoms with E-state index in [0.29, 0.717) is 12.2 Å². The summed E-state index contributed by atoms with van der Waals surface area (Å²) >= 11 is 0. The van der Waals surface area contributed by atoms with Gasteiger partial charge in [-0.25, -0.2) is 0 Å². The number of fused-ring (bicyclic) bond motifs is 1. The number of hydrogen-bond acceptors (Lipinski definition) is 5. The predicted molar refractivity (Wildman–Crippen MR) is 110 cm³/mol. The molecule has 0 saturated heterocycles. The number of anilines is 2. The van der Waals surface area contributed by atoms with Gasteiger partial charge in [0.25, 0.3) is 5.91 Å². The number of aromatic nitrogens is 2. The first-order valence-electron chi connectivity index (χ1n) is 9.93. The molecule has 2 amide bonds. The summed E-state index contributed by atoms with van der Waals surface area (Å²) in [6, 6.07) is 7.13. The molecule has 168 valence electrons. The van der Waals surface area contributed by atoms with Gasteiger partial charge in [0.2, 0.25) is 5.91 Å². The van der Waals surface area contributed by atoms with Gasteiger partial charge < -0.3 is 21.3 Å². The molecule has 0 fully saturated rings. The minimum absolute atomic E-state index is 0.0649. The molecule has 4 N–H and O–H groups in total. The van der Waals surface area contributed by atoms with E-state index in [1.165, 1.54) is 0 Å². The van der Waals surface area contributed by atoms with E-state index in [1.54, 1.807) is 23.0 Å². The van der Waals surface area contributed by atoms with Crippen LogP contribution in [-0.4, -0.2) is 40.5 Å². The van der Waals surface area contributed by atoms with Gasteiger partial charge in [0.15, 0.2) is 0 Å². The molecule has 3 rings (SSSR count). The van der Waals surface area contributed by atoms with Crippen molar-refractivity contribution >= 4 is 23.2 Å². The number of alkyl halides is 3. The predicted octanol–water partition coefficient (Wildman–Crippen LogP) is 3.02. The van der Waals surface area contributed by atoms with Crippen LogP contribution >= 0.6 is 0 Å². The largest absolute Gasteiger partial charge is 0.389 e. The highest BCUT2D eigenvalue weighted by Gasteiger charge is 2.28. The van der Waals surface area contributed by atoms with Crippen molar-refractivity contribution in [2.24, 2.45) is 0 Å². The summed E-state index contributed by atoms with van der Waals surface area (Å²) < 4.78 is 38.2. The fourth-order valence-corrected chi connectivity index (χ4v) is 3.20. The molecular weight excluding hydrogens is 413 g/mol. The fraction of sp³-hybridized carbons (Fsp3) is 0.450. The Hall–Kier alpha value is -3.24. The maximum absolute atomic E-state index is 12.4. The molecule has 31 heavy (non-hydrogen) atoms. The fourth-order valence-electron chi connectivity index (χ4n) is 3.20. The average Bonchev–Trinajstić information content (AvgIpc) is 3.34. The zero-order valence-electron chi connectivity index (χ0n) is 17.2. The smallest absolute Gasteiger partial charge is 0.362 e. The first-order chi connectivity index (χ1) is 14.6. The van der Waals surface area contributed by atoms with E-state index in [1.807, 2.05) is 26.0 Å². The zero-order chi connectivity index (χ0) is 22.6. The lowest BCUT2D eigenvalue weighted by Crippen LogP contribution is -2.39. The van der Waals surface area contributed by atoms with Crippen molar-refractivity contribution in [3.8, 4) is 0 Å². The summed E-state index contributed by atoms with van der Waals surface area (Å²) in [5, 5.41) is 16.0. The molecule has 0 bridgehead atoms. The molecule has 2 aromatic rings. The van der Waals surface area contributed by atoms with E-state index >= 15 is 0 Å². The maximum atomic E-state index is 12.4. The van der Waals surface area contributed by atoms with Crippen molar-refractivity contribution in [3.63, 3.8) is 0 Å². The molecular formula is C20H25F3N6O2. The van der Waals surface area contributed by atoms with Crippen molar-refractivity contribution in [2.75, 3.05) is 17.2 Å². The van der Waals surface area contributed by atoms with Gasteiger partial charge in [-0.1, -0.05) is 6.07 Å². The topological polar surface area (TPSA) is 100 Å². The molecule has 1 unspecified atom stereocenters. The number of carbonyl (C=O) groups is 2. The van der Waals surface area contributed by atoms with E-state index in [4.69, 9.17) is 0 Å². The quantitative estimate of drug-likeness (QED) is 0.508. The number of nitrogens with zero attached hydrogens (tertiary/aromatic N) is 2. The number of benzene rings is 1. The van der Waals surface area contributed by atoms with Gasteiger partial charge in [0.1, 0.15) is 11.9 Å². The molecule has 0 saturated carbocycles. The lowest BCUT2D eigenvalue weighted by Gasteiger charge is -2.15. The van der Waals surface area contributed by atoms with Gasteiger partial charge in [-0.2, -0.15) is 18.3 Å². The Morgan fingerprint density at radius 1 is 1.16 bits per heavy atom. The summed E-state index contributed by atoms with van der Waals surface area (Å²) in [5.41, 5.74) is 2.85. The lowest BCUT2D eigenvalue weighted by atomic mass is 10.1. The number of rotatable bonds is 8. The van der Waals surface area contributed by atoms with Crippen LogP contribution in [0.5, 0.6) is 0 Å². The Morgan fingerprint density at radius 2 is 1.90 bits per heavy atom. The first-order valence-corrected chi connectivity index (χ1v) is 9.93. The van der Waals surface area contributed by atoms with Gasteiger partial charge in [0, 0.05) is 25.2 Å². The third-order valence-electron chi connectivity index (χ3n) is 4.73. The second kappa shape index (κ2) is 9.27. The molecule has 0 radical (unpaired) electrons. The number of hydrogen-bond donors (Lipinski definition) is 4. The van der Waals surface area contributed by atoms with Gasteiger partial charge in [-0.05, 0) is 37.6 Å². The van der Waals surface area contributed by atoms with Crippen LogP contribution < -0.4 is 21.3 Å². The first kappa shape index (κ1) is 22.4. The normalized spacial score (nSPS) is 15.2. The van der Waals surface area contributed by atoms with E-state index in [9.17, 15) is 22.8 Å². The van der Waals surface area contributed by atoms with Crippen LogP contribution in [0.25, 0.3) is 0 Å². The average molecular weight is 438 g/mol. The highest BCUT2D eigenvalue weighted by Crippen LogP contribution is 2.29. The molecule has 1 aromatic heterocycles. The van der Waals surface area contributed by atoms with Crippen LogP contribution in [0, 0.1) is 0 Å². The monoisotopic (exact) mass is 438 g/mol. The number of halogens is 3. The zero-order valence-corrected chi connectivity index (χ0v) is 17.2. The van der Waals surface area contributed by atoms with Crippen molar-refractivity contribution in [2.45, 2.75) is 51.6 Å². The standard InChI is InChI=1S/C20H25F3N6O2/c1-12(2)29-16(6-8-26-29)19(31)25-11-17-27-14-4-3-13(9-15(14)28-17)10-24-18(30)5-7-20(21,22)23/h3-4,6,8-9,12,17,27-28H,5,7,10-11H2,1-2H3,(H,24,30)(H,25,31). The van der Waals surface area contributed by atoms with Gasteiger partial charge >= 0.3 is 6.18 Å². The van der Waals surface area contributed by atoms with Crippen LogP contribution in [0.3, 0.4) is 0 Å². The Kier molecular flexibility index (Phi) is 6.71. The maximum Gasteiger partial charge on any atom is 0.389 e. The SMILES string of the molecule is CC(C)n1nccc1C(=O)NCC1Nc2ccc(CNC(=O)CCC(F)(F)F)cc2N1. The Bertz CT molecular complexity index is 941. The van der Waals surface area contributed by atoms with Gasteiger partial charge in [0.05, 0.1) is 24.3 Å². The van der Waals surface area contributed by atoms with Crippen LogP contribution in [-0.2, 0) is 11.3 Å². The van der Waals surface area contributed by atoms with Gasteiger partial charge in [-0.15, -0.1) is 0 Å². The molecule has 0 aliphatic carbocycles. The van der Waals surface area contributed by atoms with E-state index in [0.717, 1.165) is 16.9 Å². The van der Waals surface area contributed by atoms with Crippen LogP contribution in [0.4, 0.5) is 24.5 Å². The van der Waals surface area contributed by atoms with E-state index in [2.05, 4.69) is 26.4 Å². The summed E-state index contributed by atoms with van der Waals surface area (Å²) in [5.74, 6) is -0.877.